The third kappa shape index (κ3) is 3.86. The zero-order valence-corrected chi connectivity index (χ0v) is 15.4. The van der Waals surface area contributed by atoms with Gasteiger partial charge in [0.15, 0.2) is 0 Å². The number of benzene rings is 1. The van der Waals surface area contributed by atoms with E-state index in [1.807, 2.05) is 24.0 Å². The highest BCUT2D eigenvalue weighted by molar-refractivity contribution is 5.96. The largest absolute Gasteiger partial charge is 0.496 e. The summed E-state index contributed by atoms with van der Waals surface area (Å²) in [5.74, 6) is 1.01. The third-order valence-corrected chi connectivity index (χ3v) is 4.69. The van der Waals surface area contributed by atoms with Crippen molar-refractivity contribution in [3.8, 4) is 5.75 Å². The highest BCUT2D eigenvalue weighted by Gasteiger charge is 2.26. The Bertz CT molecular complexity index is 567. The van der Waals surface area contributed by atoms with Gasteiger partial charge in [-0.2, -0.15) is 0 Å². The Hall–Kier alpha value is -1.55. The molecule has 0 N–H and O–H groups in total. The molecule has 1 fully saturated rings. The monoisotopic (exact) mass is 318 g/mol. The normalized spacial score (nSPS) is 16.5. The molecule has 0 atom stereocenters. The van der Waals surface area contributed by atoms with Gasteiger partial charge in [-0.15, -0.1) is 0 Å². The van der Waals surface area contributed by atoms with E-state index in [2.05, 4.69) is 32.6 Å². The lowest BCUT2D eigenvalue weighted by Crippen LogP contribution is -2.48. The molecule has 1 aromatic carbocycles. The molecule has 0 aromatic heterocycles. The van der Waals surface area contributed by atoms with E-state index in [4.69, 9.17) is 4.74 Å². The maximum Gasteiger partial charge on any atom is 0.254 e. The van der Waals surface area contributed by atoms with Gasteiger partial charge in [-0.25, -0.2) is 0 Å². The first-order valence-electron chi connectivity index (χ1n) is 8.48. The molecular weight excluding hydrogens is 288 g/mol. The third-order valence-electron chi connectivity index (χ3n) is 4.69. The van der Waals surface area contributed by atoms with Crippen LogP contribution in [0.2, 0.25) is 0 Å². The summed E-state index contributed by atoms with van der Waals surface area (Å²) in [6.07, 6.45) is 0. The first-order chi connectivity index (χ1) is 10.8. The molecule has 0 bridgehead atoms. The number of hydrogen-bond donors (Lipinski definition) is 0. The quantitative estimate of drug-likeness (QED) is 0.858. The molecule has 0 spiro atoms. The fraction of sp³-hybridized carbons (Fsp3) is 0.632. The van der Waals surface area contributed by atoms with Crippen molar-refractivity contribution in [2.75, 3.05) is 39.8 Å². The lowest BCUT2D eigenvalue weighted by Gasteiger charge is -2.34. The van der Waals surface area contributed by atoms with Gasteiger partial charge in [0.05, 0.1) is 7.11 Å². The van der Waals surface area contributed by atoms with Crippen LogP contribution in [-0.2, 0) is 5.41 Å². The van der Waals surface area contributed by atoms with E-state index >= 15 is 0 Å². The van der Waals surface area contributed by atoms with Gasteiger partial charge in [-0.3, -0.25) is 4.79 Å². The number of ether oxygens (including phenoxy) is 1. The molecule has 1 heterocycles. The molecule has 1 aliphatic heterocycles. The van der Waals surface area contributed by atoms with Crippen LogP contribution in [0.25, 0.3) is 0 Å². The Labute approximate surface area is 140 Å². The topological polar surface area (TPSA) is 32.8 Å². The molecule has 0 saturated carbocycles. The predicted octanol–water partition coefficient (Wildman–Crippen LogP) is 3.08. The Morgan fingerprint density at radius 3 is 2.26 bits per heavy atom. The summed E-state index contributed by atoms with van der Waals surface area (Å²) in [6.45, 7) is 15.2. The summed E-state index contributed by atoms with van der Waals surface area (Å²) in [7, 11) is 1.69. The molecule has 1 aromatic rings. The molecule has 2 rings (SSSR count). The van der Waals surface area contributed by atoms with Gasteiger partial charge in [-0.05, 0) is 36.6 Å². The number of likely N-dealkylation sites (N-methyl/N-ethyl adjacent to an activating group) is 1. The van der Waals surface area contributed by atoms with Crippen molar-refractivity contribution in [1.82, 2.24) is 9.80 Å². The molecule has 0 radical (unpaired) electrons. The molecule has 128 valence electrons. The second kappa shape index (κ2) is 6.91. The van der Waals surface area contributed by atoms with E-state index in [1.54, 1.807) is 7.11 Å². The summed E-state index contributed by atoms with van der Waals surface area (Å²) >= 11 is 0. The van der Waals surface area contributed by atoms with Crippen LogP contribution in [-0.4, -0.2) is 55.5 Å². The van der Waals surface area contributed by atoms with Crippen molar-refractivity contribution in [2.24, 2.45) is 0 Å². The van der Waals surface area contributed by atoms with Crippen LogP contribution in [0.3, 0.4) is 0 Å². The number of aryl methyl sites for hydroxylation is 1. The number of piperazine rings is 1. The van der Waals surface area contributed by atoms with Crippen LogP contribution in [0.4, 0.5) is 0 Å². The average molecular weight is 318 g/mol. The summed E-state index contributed by atoms with van der Waals surface area (Å²) in [5.41, 5.74) is 2.81. The first-order valence-corrected chi connectivity index (χ1v) is 8.48. The number of carbonyl (C=O) groups excluding carboxylic acids is 1. The second-order valence-electron chi connectivity index (χ2n) is 7.34. The van der Waals surface area contributed by atoms with E-state index < -0.39 is 0 Å². The van der Waals surface area contributed by atoms with Gasteiger partial charge >= 0.3 is 0 Å². The van der Waals surface area contributed by atoms with Crippen molar-refractivity contribution in [3.05, 3.63) is 28.8 Å². The molecular formula is C19H30N2O2. The van der Waals surface area contributed by atoms with E-state index in [9.17, 15) is 4.79 Å². The van der Waals surface area contributed by atoms with Crippen LogP contribution < -0.4 is 4.74 Å². The molecule has 1 saturated heterocycles. The Morgan fingerprint density at radius 1 is 1.17 bits per heavy atom. The van der Waals surface area contributed by atoms with Crippen molar-refractivity contribution < 1.29 is 9.53 Å². The zero-order chi connectivity index (χ0) is 17.2. The minimum atomic E-state index is -0.0605. The van der Waals surface area contributed by atoms with Gasteiger partial charge in [0.1, 0.15) is 5.75 Å². The minimum absolute atomic E-state index is 0.0605. The van der Waals surface area contributed by atoms with Crippen LogP contribution in [0, 0.1) is 6.92 Å². The number of rotatable bonds is 3. The van der Waals surface area contributed by atoms with Crippen molar-refractivity contribution in [1.29, 1.82) is 0 Å². The maximum absolute atomic E-state index is 13.0. The Morgan fingerprint density at radius 2 is 1.78 bits per heavy atom. The molecule has 23 heavy (non-hydrogen) atoms. The zero-order valence-electron chi connectivity index (χ0n) is 15.4. The number of amides is 1. The van der Waals surface area contributed by atoms with Gasteiger partial charge in [-0.1, -0.05) is 27.7 Å². The molecule has 1 amide bonds. The molecule has 0 unspecified atom stereocenters. The average Bonchev–Trinajstić information content (AvgIpc) is 2.52. The van der Waals surface area contributed by atoms with Gasteiger partial charge in [0.25, 0.3) is 5.91 Å². The van der Waals surface area contributed by atoms with Gasteiger partial charge in [0, 0.05) is 37.3 Å². The van der Waals surface area contributed by atoms with Gasteiger partial charge in [0.2, 0.25) is 0 Å². The number of nitrogens with zero attached hydrogens (tertiary/aromatic N) is 2. The molecule has 4 heteroatoms. The van der Waals surface area contributed by atoms with Crippen LogP contribution >= 0.6 is 0 Å². The van der Waals surface area contributed by atoms with E-state index in [-0.39, 0.29) is 11.3 Å². The second-order valence-corrected chi connectivity index (χ2v) is 7.34. The van der Waals surface area contributed by atoms with Crippen molar-refractivity contribution >= 4 is 5.91 Å². The summed E-state index contributed by atoms with van der Waals surface area (Å²) in [6, 6.07) is 4.03. The summed E-state index contributed by atoms with van der Waals surface area (Å²) < 4.78 is 5.53. The summed E-state index contributed by atoms with van der Waals surface area (Å²) in [4.78, 5) is 17.3. The highest BCUT2D eigenvalue weighted by Crippen LogP contribution is 2.34. The number of methoxy groups -OCH3 is 1. The molecule has 4 nitrogen and oxygen atoms in total. The van der Waals surface area contributed by atoms with Crippen LogP contribution in [0.1, 0.15) is 49.2 Å². The fourth-order valence-corrected chi connectivity index (χ4v) is 3.10. The summed E-state index contributed by atoms with van der Waals surface area (Å²) in [5, 5.41) is 0. The SMILES string of the molecule is CCN1CCN(C(=O)c2cc(C(C)(C)C)c(OC)cc2C)CC1. The lowest BCUT2D eigenvalue weighted by atomic mass is 9.84. The smallest absolute Gasteiger partial charge is 0.254 e. The fourth-order valence-electron chi connectivity index (χ4n) is 3.10. The Kier molecular flexibility index (Phi) is 5.35. The lowest BCUT2D eigenvalue weighted by molar-refractivity contribution is 0.0642. The van der Waals surface area contributed by atoms with E-state index in [0.717, 1.165) is 55.2 Å². The standard InChI is InChI=1S/C19H30N2O2/c1-7-20-8-10-21(11-9-20)18(22)15-13-16(19(3,4)5)17(23-6)12-14(15)2/h12-13H,7-11H2,1-6H3. The number of hydrogen-bond acceptors (Lipinski definition) is 3. The number of carbonyl (C=O) groups is 1. The van der Waals surface area contributed by atoms with Gasteiger partial charge < -0.3 is 14.5 Å². The van der Waals surface area contributed by atoms with E-state index in [1.165, 1.54) is 0 Å². The molecule has 0 aliphatic carbocycles. The van der Waals surface area contributed by atoms with E-state index in [0.29, 0.717) is 0 Å². The first kappa shape index (κ1) is 17.8. The van der Waals surface area contributed by atoms with Crippen molar-refractivity contribution in [2.45, 2.75) is 40.0 Å². The maximum atomic E-state index is 13.0. The highest BCUT2D eigenvalue weighted by atomic mass is 16.5. The minimum Gasteiger partial charge on any atom is -0.496 e. The predicted molar refractivity (Wildman–Crippen MR) is 94.4 cm³/mol. The van der Waals surface area contributed by atoms with Crippen LogP contribution in [0.5, 0.6) is 5.75 Å². The molecule has 1 aliphatic rings. The van der Waals surface area contributed by atoms with Crippen molar-refractivity contribution in [3.63, 3.8) is 0 Å². The Balaban J connectivity index is 2.30. The van der Waals surface area contributed by atoms with Crippen LogP contribution in [0.15, 0.2) is 12.1 Å².